The van der Waals surface area contributed by atoms with Crippen LogP contribution in [0.3, 0.4) is 0 Å². The summed E-state index contributed by atoms with van der Waals surface area (Å²) in [6.45, 7) is 17.6. The molecule has 4 heteroatoms. The summed E-state index contributed by atoms with van der Waals surface area (Å²) in [5.41, 5.74) is 8.88. The van der Waals surface area contributed by atoms with Crippen LogP contribution in [0.4, 0.5) is 0 Å². The minimum absolute atomic E-state index is 0.172. The normalized spacial score (nSPS) is 12.2. The first-order chi connectivity index (χ1) is 24.4. The van der Waals surface area contributed by atoms with Crippen molar-refractivity contribution in [2.45, 2.75) is 77.0 Å². The summed E-state index contributed by atoms with van der Waals surface area (Å²) in [6, 6.07) is 47.1. The summed E-state index contributed by atoms with van der Waals surface area (Å²) >= 11 is 0. The standard InChI is InChI=1S/2C24H26O2/c2*1-23(2,17-8-12-21(25)13-9-17)19-6-5-7-20(16-19)24(3,4)18-10-14-22(26)15-11-18/h2*5-16,25-26H,1-4H3. The van der Waals surface area contributed by atoms with Crippen LogP contribution in [0, 0.1) is 0 Å². The van der Waals surface area contributed by atoms with Crippen molar-refractivity contribution in [3.63, 3.8) is 0 Å². The highest BCUT2D eigenvalue weighted by atomic mass is 16.3. The number of benzene rings is 6. The van der Waals surface area contributed by atoms with Crippen molar-refractivity contribution in [2.75, 3.05) is 0 Å². The molecule has 0 spiro atoms. The van der Waals surface area contributed by atoms with Gasteiger partial charge in [-0.05, 0) is 93.0 Å². The van der Waals surface area contributed by atoms with Crippen LogP contribution in [0.25, 0.3) is 0 Å². The van der Waals surface area contributed by atoms with Gasteiger partial charge in [-0.3, -0.25) is 0 Å². The Morgan fingerprint density at radius 1 is 0.250 bits per heavy atom. The summed E-state index contributed by atoms with van der Waals surface area (Å²) in [6.07, 6.45) is 0. The molecule has 0 amide bonds. The molecule has 0 atom stereocenters. The lowest BCUT2D eigenvalue weighted by Crippen LogP contribution is -2.22. The number of hydrogen-bond donors (Lipinski definition) is 4. The third-order valence-corrected chi connectivity index (χ3v) is 11.0. The highest BCUT2D eigenvalue weighted by Gasteiger charge is 2.29. The first-order valence-electron chi connectivity index (χ1n) is 17.8. The van der Waals surface area contributed by atoms with Gasteiger partial charge < -0.3 is 20.4 Å². The van der Waals surface area contributed by atoms with Crippen molar-refractivity contribution in [3.8, 4) is 23.0 Å². The minimum Gasteiger partial charge on any atom is -0.508 e. The largest absolute Gasteiger partial charge is 0.508 e. The zero-order valence-electron chi connectivity index (χ0n) is 31.6. The van der Waals surface area contributed by atoms with Gasteiger partial charge in [0.25, 0.3) is 0 Å². The Bertz CT molecular complexity index is 1790. The van der Waals surface area contributed by atoms with Crippen LogP contribution in [0.15, 0.2) is 146 Å². The molecule has 268 valence electrons. The molecule has 4 nitrogen and oxygen atoms in total. The van der Waals surface area contributed by atoms with Crippen molar-refractivity contribution in [2.24, 2.45) is 0 Å². The fourth-order valence-electron chi connectivity index (χ4n) is 6.77. The third-order valence-electron chi connectivity index (χ3n) is 11.0. The Morgan fingerprint density at radius 2 is 0.423 bits per heavy atom. The van der Waals surface area contributed by atoms with E-state index >= 15 is 0 Å². The van der Waals surface area contributed by atoms with Crippen LogP contribution < -0.4 is 0 Å². The van der Waals surface area contributed by atoms with E-state index in [-0.39, 0.29) is 44.7 Å². The number of hydrogen-bond acceptors (Lipinski definition) is 4. The molecule has 52 heavy (non-hydrogen) atoms. The topological polar surface area (TPSA) is 80.9 Å². The average molecular weight is 693 g/mol. The second-order valence-corrected chi connectivity index (χ2v) is 15.8. The molecule has 0 aromatic heterocycles. The van der Waals surface area contributed by atoms with E-state index in [0.29, 0.717) is 0 Å². The van der Waals surface area contributed by atoms with Crippen molar-refractivity contribution in [1.29, 1.82) is 0 Å². The first kappa shape index (κ1) is 37.8. The van der Waals surface area contributed by atoms with E-state index in [1.54, 1.807) is 48.5 Å². The molecule has 0 aliphatic rings. The highest BCUT2D eigenvalue weighted by Crippen LogP contribution is 2.39. The SMILES string of the molecule is CC(C)(c1ccc(O)cc1)c1cccc(C(C)(C)c2ccc(O)cc2)c1.CC(C)(c1ccc(O)cc1)c1cccc(C(C)(C)c2ccc(O)cc2)c1. The van der Waals surface area contributed by atoms with Gasteiger partial charge in [-0.1, -0.05) is 152 Å². The predicted molar refractivity (Wildman–Crippen MR) is 214 cm³/mol. The molecule has 6 rings (SSSR count). The maximum atomic E-state index is 9.57. The lowest BCUT2D eigenvalue weighted by atomic mass is 9.73. The molecule has 0 fully saturated rings. The second kappa shape index (κ2) is 14.6. The van der Waals surface area contributed by atoms with Gasteiger partial charge in [0.05, 0.1) is 0 Å². The predicted octanol–water partition coefficient (Wildman–Crippen LogP) is 11.5. The lowest BCUT2D eigenvalue weighted by Gasteiger charge is -2.31. The molecule has 6 aromatic rings. The second-order valence-electron chi connectivity index (χ2n) is 15.8. The van der Waals surface area contributed by atoms with Gasteiger partial charge in [0.1, 0.15) is 23.0 Å². The molecular weight excluding hydrogens is 641 g/mol. The Balaban J connectivity index is 0.000000201. The van der Waals surface area contributed by atoms with E-state index in [1.807, 2.05) is 48.5 Å². The van der Waals surface area contributed by atoms with Crippen molar-refractivity contribution in [3.05, 3.63) is 190 Å². The van der Waals surface area contributed by atoms with E-state index in [2.05, 4.69) is 104 Å². The van der Waals surface area contributed by atoms with Gasteiger partial charge in [0.2, 0.25) is 0 Å². The van der Waals surface area contributed by atoms with Gasteiger partial charge in [-0.15, -0.1) is 0 Å². The van der Waals surface area contributed by atoms with E-state index < -0.39 is 0 Å². The first-order valence-corrected chi connectivity index (χ1v) is 17.8. The quantitative estimate of drug-likeness (QED) is 0.128. The van der Waals surface area contributed by atoms with Crippen LogP contribution in [0.2, 0.25) is 0 Å². The zero-order valence-corrected chi connectivity index (χ0v) is 31.6. The molecule has 0 radical (unpaired) electrons. The molecule has 0 aliphatic heterocycles. The molecule has 0 bridgehead atoms. The fraction of sp³-hybridized carbons (Fsp3) is 0.250. The van der Waals surface area contributed by atoms with Crippen molar-refractivity contribution < 1.29 is 20.4 Å². The highest BCUT2D eigenvalue weighted by molar-refractivity contribution is 5.47. The van der Waals surface area contributed by atoms with Crippen molar-refractivity contribution in [1.82, 2.24) is 0 Å². The maximum Gasteiger partial charge on any atom is 0.115 e. The van der Waals surface area contributed by atoms with E-state index in [1.165, 1.54) is 22.3 Å². The summed E-state index contributed by atoms with van der Waals surface area (Å²) in [5.74, 6) is 1.14. The van der Waals surface area contributed by atoms with Gasteiger partial charge in [-0.2, -0.15) is 0 Å². The minimum atomic E-state index is -0.172. The molecule has 0 unspecified atom stereocenters. The van der Waals surface area contributed by atoms with Crippen LogP contribution in [-0.4, -0.2) is 20.4 Å². The Hall–Kier alpha value is -5.48. The molecule has 0 saturated carbocycles. The summed E-state index contributed by atoms with van der Waals surface area (Å²) in [5, 5.41) is 38.3. The molecule has 0 saturated heterocycles. The average Bonchev–Trinajstić information content (AvgIpc) is 3.13. The smallest absolute Gasteiger partial charge is 0.115 e. The summed E-state index contributed by atoms with van der Waals surface area (Å²) in [7, 11) is 0. The van der Waals surface area contributed by atoms with Crippen LogP contribution in [0.1, 0.15) is 99.9 Å². The third kappa shape index (κ3) is 8.02. The maximum absolute atomic E-state index is 9.57. The molecular formula is C48H52O4. The number of phenolic OH excluding ortho intramolecular Hbond substituents is 4. The van der Waals surface area contributed by atoms with Crippen LogP contribution in [-0.2, 0) is 21.7 Å². The van der Waals surface area contributed by atoms with Crippen molar-refractivity contribution >= 4 is 0 Å². The number of aromatic hydroxyl groups is 4. The number of phenols is 4. The van der Waals surface area contributed by atoms with Gasteiger partial charge in [-0.25, -0.2) is 0 Å². The van der Waals surface area contributed by atoms with Crippen LogP contribution >= 0.6 is 0 Å². The fourth-order valence-corrected chi connectivity index (χ4v) is 6.77. The molecule has 6 aromatic carbocycles. The Kier molecular flexibility index (Phi) is 10.6. The molecule has 0 aliphatic carbocycles. The Morgan fingerprint density at radius 3 is 0.596 bits per heavy atom. The van der Waals surface area contributed by atoms with E-state index in [0.717, 1.165) is 22.3 Å². The van der Waals surface area contributed by atoms with Gasteiger partial charge in [0, 0.05) is 21.7 Å². The summed E-state index contributed by atoms with van der Waals surface area (Å²) < 4.78 is 0. The zero-order chi connectivity index (χ0) is 37.9. The monoisotopic (exact) mass is 692 g/mol. The number of rotatable bonds is 8. The molecule has 4 N–H and O–H groups in total. The Labute approximate surface area is 309 Å². The van der Waals surface area contributed by atoms with E-state index in [4.69, 9.17) is 0 Å². The van der Waals surface area contributed by atoms with Gasteiger partial charge in [0.15, 0.2) is 0 Å². The van der Waals surface area contributed by atoms with Crippen LogP contribution in [0.5, 0.6) is 23.0 Å². The molecule has 0 heterocycles. The lowest BCUT2D eigenvalue weighted by molar-refractivity contribution is 0.473. The van der Waals surface area contributed by atoms with E-state index in [9.17, 15) is 20.4 Å². The summed E-state index contributed by atoms with van der Waals surface area (Å²) in [4.78, 5) is 0. The van der Waals surface area contributed by atoms with Gasteiger partial charge >= 0.3 is 0 Å².